The molecule has 1 heterocycles. The molecule has 138 valence electrons. The van der Waals surface area contributed by atoms with Gasteiger partial charge in [-0.2, -0.15) is 0 Å². The molecule has 0 saturated heterocycles. The van der Waals surface area contributed by atoms with Crippen LogP contribution in [0.5, 0.6) is 0 Å². The highest BCUT2D eigenvalue weighted by Crippen LogP contribution is 2.23. The van der Waals surface area contributed by atoms with E-state index in [0.29, 0.717) is 30.0 Å². The van der Waals surface area contributed by atoms with E-state index in [0.717, 1.165) is 5.56 Å². The first-order valence-electron chi connectivity index (χ1n) is 8.31. The van der Waals surface area contributed by atoms with Gasteiger partial charge in [0, 0.05) is 18.7 Å². The van der Waals surface area contributed by atoms with Crippen molar-refractivity contribution in [1.82, 2.24) is 25.4 Å². The number of carbonyl (C=O) groups excluding carboxylic acids is 2. The van der Waals surface area contributed by atoms with Gasteiger partial charge in [-0.25, -0.2) is 4.79 Å². The van der Waals surface area contributed by atoms with E-state index in [1.807, 2.05) is 48.7 Å². The predicted molar refractivity (Wildman–Crippen MR) is 103 cm³/mol. The van der Waals surface area contributed by atoms with Crippen LogP contribution in [0.1, 0.15) is 13.8 Å². The minimum atomic E-state index is -0.484. The highest BCUT2D eigenvalue weighted by Gasteiger charge is 2.15. The van der Waals surface area contributed by atoms with Crippen LogP contribution in [-0.2, 0) is 11.3 Å². The smallest absolute Gasteiger partial charge is 0.321 e. The van der Waals surface area contributed by atoms with Gasteiger partial charge in [0.1, 0.15) is 0 Å². The Morgan fingerprint density at radius 1 is 1.27 bits per heavy atom. The molecule has 0 saturated carbocycles. The molecule has 2 N–H and O–H groups in total. The molecular formula is C18H23N5O2S. The second-order valence-electron chi connectivity index (χ2n) is 6.01. The Labute approximate surface area is 157 Å². The van der Waals surface area contributed by atoms with Crippen LogP contribution < -0.4 is 10.6 Å². The van der Waals surface area contributed by atoms with Gasteiger partial charge in [0.05, 0.1) is 5.75 Å². The molecule has 2 rings (SSSR count). The number of aromatic nitrogens is 3. The number of amides is 3. The summed E-state index contributed by atoms with van der Waals surface area (Å²) in [6, 6.07) is 9.20. The van der Waals surface area contributed by atoms with Crippen LogP contribution in [0.4, 0.5) is 4.79 Å². The summed E-state index contributed by atoms with van der Waals surface area (Å²) in [7, 11) is 0. The molecular weight excluding hydrogens is 350 g/mol. The molecule has 0 aliphatic carbocycles. The highest BCUT2D eigenvalue weighted by molar-refractivity contribution is 7.99. The summed E-state index contributed by atoms with van der Waals surface area (Å²) in [5, 5.41) is 13.9. The van der Waals surface area contributed by atoms with Gasteiger partial charge in [-0.15, -0.1) is 16.8 Å². The molecule has 1 aromatic carbocycles. The first-order chi connectivity index (χ1) is 12.5. The van der Waals surface area contributed by atoms with Crippen molar-refractivity contribution in [3.8, 4) is 11.4 Å². The Bertz CT molecular complexity index is 758. The normalized spacial score (nSPS) is 10.6. The van der Waals surface area contributed by atoms with Crippen molar-refractivity contribution in [2.75, 3.05) is 12.3 Å². The average Bonchev–Trinajstić information content (AvgIpc) is 3.02. The Hall–Kier alpha value is -2.61. The van der Waals surface area contributed by atoms with Crippen molar-refractivity contribution in [1.29, 1.82) is 0 Å². The second kappa shape index (κ2) is 9.76. The van der Waals surface area contributed by atoms with Gasteiger partial charge in [0.15, 0.2) is 11.0 Å². The van der Waals surface area contributed by atoms with Gasteiger partial charge in [0.25, 0.3) is 0 Å². The summed E-state index contributed by atoms with van der Waals surface area (Å²) in [4.78, 5) is 23.6. The highest BCUT2D eigenvalue weighted by atomic mass is 32.2. The van der Waals surface area contributed by atoms with Crippen molar-refractivity contribution in [3.05, 3.63) is 43.0 Å². The number of allylic oxidation sites excluding steroid dienone is 1. The molecule has 2 aromatic rings. The number of benzene rings is 1. The van der Waals surface area contributed by atoms with E-state index in [1.165, 1.54) is 11.8 Å². The number of nitrogens with zero attached hydrogens (tertiary/aromatic N) is 3. The quantitative estimate of drug-likeness (QED) is 0.549. The number of hydrogen-bond donors (Lipinski definition) is 2. The van der Waals surface area contributed by atoms with Gasteiger partial charge >= 0.3 is 6.03 Å². The summed E-state index contributed by atoms with van der Waals surface area (Å²) in [5.74, 6) is 0.715. The van der Waals surface area contributed by atoms with Crippen LogP contribution in [0.3, 0.4) is 0 Å². The lowest BCUT2D eigenvalue weighted by atomic mass is 10.2. The third-order valence-electron chi connectivity index (χ3n) is 3.32. The number of urea groups is 1. The zero-order valence-electron chi connectivity index (χ0n) is 14.9. The molecule has 3 amide bonds. The fraction of sp³-hybridized carbons (Fsp3) is 0.333. The minimum absolute atomic E-state index is 0.0686. The Balaban J connectivity index is 1.99. The maximum atomic E-state index is 11.9. The van der Waals surface area contributed by atoms with E-state index < -0.39 is 6.03 Å². The van der Waals surface area contributed by atoms with Crippen molar-refractivity contribution in [2.24, 2.45) is 5.92 Å². The van der Waals surface area contributed by atoms with Gasteiger partial charge in [-0.1, -0.05) is 62.0 Å². The first-order valence-corrected chi connectivity index (χ1v) is 9.29. The molecule has 0 bridgehead atoms. The van der Waals surface area contributed by atoms with E-state index in [9.17, 15) is 9.59 Å². The van der Waals surface area contributed by atoms with Crippen molar-refractivity contribution in [2.45, 2.75) is 25.5 Å². The molecule has 7 nitrogen and oxygen atoms in total. The summed E-state index contributed by atoms with van der Waals surface area (Å²) < 4.78 is 1.89. The average molecular weight is 373 g/mol. The van der Waals surface area contributed by atoms with Gasteiger partial charge in [0.2, 0.25) is 5.91 Å². The predicted octanol–water partition coefficient (Wildman–Crippen LogP) is 2.71. The maximum absolute atomic E-state index is 11.9. The number of imide groups is 1. The SMILES string of the molecule is C=CCn1c(SCC(=O)NC(=O)NCC(C)C)nnc1-c1ccccc1. The third kappa shape index (κ3) is 5.73. The zero-order valence-corrected chi connectivity index (χ0v) is 15.8. The van der Waals surface area contributed by atoms with E-state index in [4.69, 9.17) is 0 Å². The van der Waals surface area contributed by atoms with Crippen LogP contribution >= 0.6 is 11.8 Å². The molecule has 8 heteroatoms. The fourth-order valence-corrected chi connectivity index (χ4v) is 2.87. The van der Waals surface area contributed by atoms with Crippen LogP contribution in [0, 0.1) is 5.92 Å². The number of nitrogens with one attached hydrogen (secondary N) is 2. The molecule has 0 aliphatic rings. The van der Waals surface area contributed by atoms with Gasteiger partial charge in [-0.05, 0) is 5.92 Å². The maximum Gasteiger partial charge on any atom is 0.321 e. The lowest BCUT2D eigenvalue weighted by Crippen LogP contribution is -2.41. The van der Waals surface area contributed by atoms with Crippen LogP contribution in [0.25, 0.3) is 11.4 Å². The molecule has 0 aliphatic heterocycles. The number of hydrogen-bond acceptors (Lipinski definition) is 5. The number of rotatable bonds is 8. The van der Waals surface area contributed by atoms with E-state index in [1.54, 1.807) is 6.08 Å². The standard InChI is InChI=1S/C18H23N5O2S/c1-4-10-23-16(14-8-6-5-7-9-14)21-22-18(23)26-12-15(24)20-17(25)19-11-13(2)3/h4-9,13H,1,10-12H2,2-3H3,(H2,19,20,24,25). The monoisotopic (exact) mass is 373 g/mol. The minimum Gasteiger partial charge on any atom is -0.338 e. The molecule has 0 unspecified atom stereocenters. The first kappa shape index (κ1) is 19.7. The van der Waals surface area contributed by atoms with Crippen molar-refractivity contribution in [3.63, 3.8) is 0 Å². The van der Waals surface area contributed by atoms with Crippen LogP contribution in [-0.4, -0.2) is 39.0 Å². The lowest BCUT2D eigenvalue weighted by molar-refractivity contribution is -0.117. The second-order valence-corrected chi connectivity index (χ2v) is 6.95. The molecule has 1 aromatic heterocycles. The Morgan fingerprint density at radius 2 is 2.00 bits per heavy atom. The van der Waals surface area contributed by atoms with E-state index in [2.05, 4.69) is 27.4 Å². The van der Waals surface area contributed by atoms with Crippen molar-refractivity contribution < 1.29 is 9.59 Å². The van der Waals surface area contributed by atoms with Crippen LogP contribution in [0.15, 0.2) is 48.1 Å². The van der Waals surface area contributed by atoms with Gasteiger partial charge in [-0.3, -0.25) is 14.7 Å². The Kier molecular flexibility index (Phi) is 7.40. The van der Waals surface area contributed by atoms with Gasteiger partial charge < -0.3 is 5.32 Å². The van der Waals surface area contributed by atoms with E-state index >= 15 is 0 Å². The largest absolute Gasteiger partial charge is 0.338 e. The summed E-state index contributed by atoms with van der Waals surface area (Å²) in [5.41, 5.74) is 0.936. The molecule has 0 atom stereocenters. The zero-order chi connectivity index (χ0) is 18.9. The molecule has 26 heavy (non-hydrogen) atoms. The summed E-state index contributed by atoms with van der Waals surface area (Å²) in [6.45, 7) is 8.76. The summed E-state index contributed by atoms with van der Waals surface area (Å²) in [6.07, 6.45) is 1.75. The number of carbonyl (C=O) groups is 2. The van der Waals surface area contributed by atoms with Crippen LogP contribution in [0.2, 0.25) is 0 Å². The third-order valence-corrected chi connectivity index (χ3v) is 4.28. The Morgan fingerprint density at radius 3 is 2.65 bits per heavy atom. The van der Waals surface area contributed by atoms with E-state index in [-0.39, 0.29) is 11.7 Å². The number of thioether (sulfide) groups is 1. The fourth-order valence-electron chi connectivity index (χ4n) is 2.12. The molecule has 0 fully saturated rings. The molecule has 0 radical (unpaired) electrons. The van der Waals surface area contributed by atoms with Crippen molar-refractivity contribution >= 4 is 23.7 Å². The molecule has 0 spiro atoms. The topological polar surface area (TPSA) is 88.9 Å². The summed E-state index contributed by atoms with van der Waals surface area (Å²) >= 11 is 1.23. The lowest BCUT2D eigenvalue weighted by Gasteiger charge is -2.09.